The lowest BCUT2D eigenvalue weighted by Gasteiger charge is -2.11. The van der Waals surface area contributed by atoms with Crippen LogP contribution in [0.15, 0.2) is 24.3 Å². The molecule has 0 saturated carbocycles. The summed E-state index contributed by atoms with van der Waals surface area (Å²) in [5.41, 5.74) is 1.44. The molecule has 0 heterocycles. The van der Waals surface area contributed by atoms with Crippen molar-refractivity contribution in [1.82, 2.24) is 0 Å². The Kier molecular flexibility index (Phi) is 6.26. The highest BCUT2D eigenvalue weighted by molar-refractivity contribution is 5.98. The number of rotatable bonds is 7. The quantitative estimate of drug-likeness (QED) is 0.555. The Bertz CT molecular complexity index is 435. The van der Waals surface area contributed by atoms with E-state index in [1.807, 2.05) is 39.0 Å². The minimum absolute atomic E-state index is 0.0584. The number of carbonyl (C=O) groups excluding carboxylic acids is 2. The summed E-state index contributed by atoms with van der Waals surface area (Å²) in [6.07, 6.45) is 2.25. The number of hydrogen-bond donors (Lipinski definition) is 0. The second-order valence-corrected chi connectivity index (χ2v) is 4.94. The van der Waals surface area contributed by atoms with E-state index in [0.29, 0.717) is 12.0 Å². The normalized spacial score (nSPS) is 10.5. The Morgan fingerprint density at radius 1 is 1.21 bits per heavy atom. The van der Waals surface area contributed by atoms with E-state index in [1.54, 1.807) is 6.07 Å². The summed E-state index contributed by atoms with van der Waals surface area (Å²) < 4.78 is 5.21. The zero-order chi connectivity index (χ0) is 14.3. The molecule has 0 radical (unpaired) electrons. The summed E-state index contributed by atoms with van der Waals surface area (Å²) in [5, 5.41) is 0. The van der Waals surface area contributed by atoms with Gasteiger partial charge in [-0.2, -0.15) is 0 Å². The molecule has 0 spiro atoms. The lowest BCUT2D eigenvalue weighted by atomic mass is 9.97. The minimum atomic E-state index is -0.200. The first kappa shape index (κ1) is 15.4. The SMILES string of the molecule is CCCCC(=O)OCc1ccccc1C(=O)C(C)C. The van der Waals surface area contributed by atoms with Crippen LogP contribution in [-0.2, 0) is 16.1 Å². The highest BCUT2D eigenvalue weighted by atomic mass is 16.5. The number of ketones is 1. The first-order chi connectivity index (χ1) is 9.06. The topological polar surface area (TPSA) is 43.4 Å². The van der Waals surface area contributed by atoms with Crippen LogP contribution in [0.4, 0.5) is 0 Å². The van der Waals surface area contributed by atoms with Gasteiger partial charge in [-0.1, -0.05) is 51.5 Å². The second kappa shape index (κ2) is 7.72. The average molecular weight is 262 g/mol. The largest absolute Gasteiger partial charge is 0.461 e. The highest BCUT2D eigenvalue weighted by Crippen LogP contribution is 2.15. The van der Waals surface area contributed by atoms with E-state index in [0.717, 1.165) is 18.4 Å². The standard InChI is InChI=1S/C16H22O3/c1-4-5-10-15(17)19-11-13-8-6-7-9-14(13)16(18)12(2)3/h6-9,12H,4-5,10-11H2,1-3H3. The smallest absolute Gasteiger partial charge is 0.306 e. The fraction of sp³-hybridized carbons (Fsp3) is 0.500. The second-order valence-electron chi connectivity index (χ2n) is 4.94. The van der Waals surface area contributed by atoms with Crippen LogP contribution in [0, 0.1) is 5.92 Å². The van der Waals surface area contributed by atoms with Gasteiger partial charge in [-0.15, -0.1) is 0 Å². The van der Waals surface area contributed by atoms with Crippen molar-refractivity contribution in [2.24, 2.45) is 5.92 Å². The third-order valence-electron chi connectivity index (χ3n) is 2.93. The van der Waals surface area contributed by atoms with Gasteiger partial charge in [0.1, 0.15) is 6.61 Å². The molecule has 1 aromatic rings. The van der Waals surface area contributed by atoms with Crippen LogP contribution in [0.1, 0.15) is 56.0 Å². The van der Waals surface area contributed by atoms with Crippen molar-refractivity contribution >= 4 is 11.8 Å². The van der Waals surface area contributed by atoms with Gasteiger partial charge in [-0.25, -0.2) is 0 Å². The molecule has 19 heavy (non-hydrogen) atoms. The monoisotopic (exact) mass is 262 g/mol. The lowest BCUT2D eigenvalue weighted by Crippen LogP contribution is -2.12. The van der Waals surface area contributed by atoms with Crippen LogP contribution in [0.2, 0.25) is 0 Å². The van der Waals surface area contributed by atoms with Crippen LogP contribution in [0.25, 0.3) is 0 Å². The van der Waals surface area contributed by atoms with E-state index < -0.39 is 0 Å². The minimum Gasteiger partial charge on any atom is -0.461 e. The molecule has 0 amide bonds. The van der Waals surface area contributed by atoms with E-state index in [4.69, 9.17) is 4.74 Å². The third kappa shape index (κ3) is 4.86. The van der Waals surface area contributed by atoms with Crippen molar-refractivity contribution in [3.05, 3.63) is 35.4 Å². The predicted octanol–water partition coefficient (Wildman–Crippen LogP) is 3.76. The molecular formula is C16H22O3. The molecule has 0 atom stereocenters. The zero-order valence-electron chi connectivity index (χ0n) is 11.9. The Labute approximate surface area is 115 Å². The van der Waals surface area contributed by atoms with Gasteiger partial charge in [0, 0.05) is 23.5 Å². The molecule has 0 bridgehead atoms. The number of hydrogen-bond acceptors (Lipinski definition) is 3. The first-order valence-corrected chi connectivity index (χ1v) is 6.84. The lowest BCUT2D eigenvalue weighted by molar-refractivity contribution is -0.145. The number of unbranched alkanes of at least 4 members (excludes halogenated alkanes) is 1. The van der Waals surface area contributed by atoms with E-state index in [-0.39, 0.29) is 24.3 Å². The Hall–Kier alpha value is -1.64. The van der Waals surface area contributed by atoms with E-state index in [1.165, 1.54) is 0 Å². The van der Waals surface area contributed by atoms with Gasteiger partial charge in [0.15, 0.2) is 5.78 Å². The maximum Gasteiger partial charge on any atom is 0.306 e. The van der Waals surface area contributed by atoms with Crippen molar-refractivity contribution in [3.8, 4) is 0 Å². The van der Waals surface area contributed by atoms with Gasteiger partial charge in [0.2, 0.25) is 0 Å². The molecular weight excluding hydrogens is 240 g/mol. The first-order valence-electron chi connectivity index (χ1n) is 6.84. The Morgan fingerprint density at radius 2 is 1.89 bits per heavy atom. The molecule has 0 aliphatic heterocycles. The summed E-state index contributed by atoms with van der Waals surface area (Å²) in [6.45, 7) is 5.94. The molecule has 3 heteroatoms. The van der Waals surface area contributed by atoms with Crippen LogP contribution < -0.4 is 0 Å². The Balaban J connectivity index is 2.68. The van der Waals surface area contributed by atoms with E-state index in [9.17, 15) is 9.59 Å². The molecule has 0 aromatic heterocycles. The molecule has 0 unspecified atom stereocenters. The van der Waals surface area contributed by atoms with Crippen molar-refractivity contribution in [3.63, 3.8) is 0 Å². The fourth-order valence-corrected chi connectivity index (χ4v) is 1.75. The summed E-state index contributed by atoms with van der Waals surface area (Å²) in [4.78, 5) is 23.5. The summed E-state index contributed by atoms with van der Waals surface area (Å²) in [7, 11) is 0. The van der Waals surface area contributed by atoms with E-state index in [2.05, 4.69) is 0 Å². The number of benzene rings is 1. The zero-order valence-corrected chi connectivity index (χ0v) is 11.9. The molecule has 0 fully saturated rings. The molecule has 0 N–H and O–H groups in total. The van der Waals surface area contributed by atoms with E-state index >= 15 is 0 Å². The fourth-order valence-electron chi connectivity index (χ4n) is 1.75. The van der Waals surface area contributed by atoms with Gasteiger partial charge in [0.25, 0.3) is 0 Å². The molecule has 0 aliphatic carbocycles. The third-order valence-corrected chi connectivity index (χ3v) is 2.93. The Morgan fingerprint density at radius 3 is 2.53 bits per heavy atom. The summed E-state index contributed by atoms with van der Waals surface area (Å²) >= 11 is 0. The van der Waals surface area contributed by atoms with Crippen molar-refractivity contribution in [2.75, 3.05) is 0 Å². The molecule has 0 saturated heterocycles. The number of Topliss-reactive ketones (excluding diaryl/α,β-unsaturated/α-hetero) is 1. The molecule has 1 rings (SSSR count). The van der Waals surface area contributed by atoms with Gasteiger partial charge in [0.05, 0.1) is 0 Å². The van der Waals surface area contributed by atoms with Crippen LogP contribution in [-0.4, -0.2) is 11.8 Å². The van der Waals surface area contributed by atoms with Gasteiger partial charge >= 0.3 is 5.97 Å². The average Bonchev–Trinajstić information content (AvgIpc) is 2.42. The highest BCUT2D eigenvalue weighted by Gasteiger charge is 2.15. The van der Waals surface area contributed by atoms with Crippen molar-refractivity contribution in [2.45, 2.75) is 46.6 Å². The van der Waals surface area contributed by atoms with Crippen molar-refractivity contribution < 1.29 is 14.3 Å². The molecule has 3 nitrogen and oxygen atoms in total. The molecule has 1 aromatic carbocycles. The maximum atomic E-state index is 12.0. The van der Waals surface area contributed by atoms with Crippen LogP contribution >= 0.6 is 0 Å². The number of esters is 1. The molecule has 0 aliphatic rings. The van der Waals surface area contributed by atoms with Gasteiger partial charge in [-0.05, 0) is 6.42 Å². The van der Waals surface area contributed by atoms with Crippen LogP contribution in [0.3, 0.4) is 0 Å². The van der Waals surface area contributed by atoms with Gasteiger partial charge < -0.3 is 4.74 Å². The number of ether oxygens (including phenoxy) is 1. The molecule has 104 valence electrons. The number of carbonyl (C=O) groups is 2. The predicted molar refractivity (Wildman–Crippen MR) is 74.9 cm³/mol. The van der Waals surface area contributed by atoms with Crippen molar-refractivity contribution in [1.29, 1.82) is 0 Å². The van der Waals surface area contributed by atoms with Gasteiger partial charge in [-0.3, -0.25) is 9.59 Å². The summed E-state index contributed by atoms with van der Waals surface area (Å²) in [5.74, 6) is -0.175. The summed E-state index contributed by atoms with van der Waals surface area (Å²) in [6, 6.07) is 7.31. The maximum absolute atomic E-state index is 12.0. The van der Waals surface area contributed by atoms with Crippen LogP contribution in [0.5, 0.6) is 0 Å².